The summed E-state index contributed by atoms with van der Waals surface area (Å²) in [7, 11) is 0. The fourth-order valence-electron chi connectivity index (χ4n) is 2.04. The van der Waals surface area contributed by atoms with E-state index in [4.69, 9.17) is 4.74 Å². The lowest BCUT2D eigenvalue weighted by Crippen LogP contribution is -2.30. The van der Waals surface area contributed by atoms with Crippen LogP contribution in [0.25, 0.3) is 10.2 Å². The number of carbonyl (C=O) groups is 1. The van der Waals surface area contributed by atoms with E-state index in [1.165, 1.54) is 23.5 Å². The zero-order chi connectivity index (χ0) is 18.0. The Kier molecular flexibility index (Phi) is 5.06. The number of hydrogen-bond donors (Lipinski definition) is 1. The minimum absolute atomic E-state index is 0.153. The van der Waals surface area contributed by atoms with Crippen molar-refractivity contribution in [3.05, 3.63) is 53.8 Å². The van der Waals surface area contributed by atoms with Crippen molar-refractivity contribution in [1.29, 1.82) is 0 Å². The lowest BCUT2D eigenvalue weighted by molar-refractivity contribution is -0.117. The van der Waals surface area contributed by atoms with Gasteiger partial charge < -0.3 is 10.1 Å². The molecule has 130 valence electrons. The summed E-state index contributed by atoms with van der Waals surface area (Å²) in [6, 6.07) is 11.8. The molecular weight excluding hydrogens is 407 g/mol. The van der Waals surface area contributed by atoms with Gasteiger partial charge in [0, 0.05) is 0 Å². The summed E-state index contributed by atoms with van der Waals surface area (Å²) >= 11 is 4.71. The number of halogens is 2. The molecule has 0 fully saturated rings. The molecule has 0 saturated heterocycles. The van der Waals surface area contributed by atoms with Crippen LogP contribution in [0.3, 0.4) is 0 Å². The molecular formula is C18H16BrFN2O2S. The van der Waals surface area contributed by atoms with E-state index >= 15 is 0 Å². The number of nitrogens with one attached hydrogen (secondary N) is 1. The highest BCUT2D eigenvalue weighted by Crippen LogP contribution is 2.30. The molecule has 3 aromatic rings. The Labute approximate surface area is 157 Å². The first kappa shape index (κ1) is 17.8. The van der Waals surface area contributed by atoms with E-state index in [0.717, 1.165) is 15.8 Å². The molecule has 0 bridgehead atoms. The van der Waals surface area contributed by atoms with Crippen molar-refractivity contribution in [2.24, 2.45) is 0 Å². The summed E-state index contributed by atoms with van der Waals surface area (Å²) in [5.74, 6) is 0.273. The molecule has 0 unspecified atom stereocenters. The molecule has 25 heavy (non-hydrogen) atoms. The predicted octanol–water partition coefficient (Wildman–Crippen LogP) is 5.13. The fraction of sp³-hybridized carbons (Fsp3) is 0.222. The zero-order valence-electron chi connectivity index (χ0n) is 13.7. The molecule has 3 rings (SSSR count). The van der Waals surface area contributed by atoms with E-state index in [1.54, 1.807) is 26.0 Å². The molecule has 0 radical (unpaired) electrons. The first-order chi connectivity index (χ1) is 11.8. The number of aromatic nitrogens is 1. The van der Waals surface area contributed by atoms with E-state index < -0.39 is 4.32 Å². The first-order valence-electron chi connectivity index (χ1n) is 7.59. The van der Waals surface area contributed by atoms with E-state index in [2.05, 4.69) is 26.2 Å². The van der Waals surface area contributed by atoms with Crippen LogP contribution in [0, 0.1) is 5.82 Å². The number of thiazole rings is 1. The molecule has 0 atom stereocenters. The van der Waals surface area contributed by atoms with Crippen molar-refractivity contribution in [3.8, 4) is 5.75 Å². The third-order valence-corrected chi connectivity index (χ3v) is 4.73. The molecule has 0 aliphatic rings. The van der Waals surface area contributed by atoms with Crippen LogP contribution in [0.1, 0.15) is 19.4 Å². The standard InChI is InChI=1S/C18H16BrFN2O2S/c1-18(2,19)16(23)22-17-21-14-8-7-13(9-15(14)25-17)24-10-11-3-5-12(20)6-4-11/h3-9H,10H2,1-2H3,(H,21,22,23). The third kappa shape index (κ3) is 4.55. The minimum Gasteiger partial charge on any atom is -0.489 e. The number of alkyl halides is 1. The van der Waals surface area contributed by atoms with Gasteiger partial charge in [-0.05, 0) is 49.7 Å². The molecule has 2 aromatic carbocycles. The quantitative estimate of drug-likeness (QED) is 0.580. The van der Waals surface area contributed by atoms with E-state index in [0.29, 0.717) is 17.5 Å². The first-order valence-corrected chi connectivity index (χ1v) is 9.20. The molecule has 0 spiro atoms. The predicted molar refractivity (Wildman–Crippen MR) is 102 cm³/mol. The summed E-state index contributed by atoms with van der Waals surface area (Å²) in [6.07, 6.45) is 0. The second kappa shape index (κ2) is 7.09. The highest BCUT2D eigenvalue weighted by molar-refractivity contribution is 9.10. The highest BCUT2D eigenvalue weighted by Gasteiger charge is 2.24. The average Bonchev–Trinajstić information content (AvgIpc) is 2.95. The van der Waals surface area contributed by atoms with Crippen molar-refractivity contribution in [3.63, 3.8) is 0 Å². The number of anilines is 1. The maximum Gasteiger partial charge on any atom is 0.242 e. The minimum atomic E-state index is -0.658. The molecule has 1 aromatic heterocycles. The van der Waals surface area contributed by atoms with Gasteiger partial charge >= 0.3 is 0 Å². The van der Waals surface area contributed by atoms with Crippen LogP contribution in [-0.4, -0.2) is 15.2 Å². The monoisotopic (exact) mass is 422 g/mol. The van der Waals surface area contributed by atoms with E-state index in [9.17, 15) is 9.18 Å². The van der Waals surface area contributed by atoms with Gasteiger partial charge in [-0.15, -0.1) is 0 Å². The molecule has 7 heteroatoms. The molecule has 1 N–H and O–H groups in total. The number of rotatable bonds is 5. The molecule has 0 aliphatic carbocycles. The number of nitrogens with zero attached hydrogens (tertiary/aromatic N) is 1. The Bertz CT molecular complexity index is 904. The Hall–Kier alpha value is -1.99. The Morgan fingerprint density at radius 2 is 2.00 bits per heavy atom. The van der Waals surface area contributed by atoms with Crippen LogP contribution in [0.5, 0.6) is 5.75 Å². The number of fused-ring (bicyclic) bond motifs is 1. The molecule has 4 nitrogen and oxygen atoms in total. The van der Waals surface area contributed by atoms with E-state index in [-0.39, 0.29) is 11.7 Å². The van der Waals surface area contributed by atoms with Crippen molar-refractivity contribution >= 4 is 48.5 Å². The van der Waals surface area contributed by atoms with Gasteiger partial charge in [0.1, 0.15) is 18.2 Å². The summed E-state index contributed by atoms with van der Waals surface area (Å²) in [5, 5.41) is 3.34. The Morgan fingerprint density at radius 3 is 2.68 bits per heavy atom. The molecule has 0 aliphatic heterocycles. The van der Waals surface area contributed by atoms with Gasteiger partial charge in [0.2, 0.25) is 5.91 Å². The van der Waals surface area contributed by atoms with Gasteiger partial charge in [0.15, 0.2) is 5.13 Å². The molecule has 0 saturated carbocycles. The third-order valence-electron chi connectivity index (χ3n) is 3.44. The number of amides is 1. The van der Waals surface area contributed by atoms with Gasteiger partial charge in [0.25, 0.3) is 0 Å². The van der Waals surface area contributed by atoms with Gasteiger partial charge in [0.05, 0.1) is 14.5 Å². The van der Waals surface area contributed by atoms with Crippen molar-refractivity contribution in [1.82, 2.24) is 4.98 Å². The topological polar surface area (TPSA) is 51.2 Å². The summed E-state index contributed by atoms with van der Waals surface area (Å²) in [5.41, 5.74) is 1.68. The highest BCUT2D eigenvalue weighted by atomic mass is 79.9. The Balaban J connectivity index is 1.71. The largest absolute Gasteiger partial charge is 0.489 e. The smallest absolute Gasteiger partial charge is 0.242 e. The molecule has 1 heterocycles. The van der Waals surface area contributed by atoms with Crippen LogP contribution < -0.4 is 10.1 Å². The number of benzene rings is 2. The van der Waals surface area contributed by atoms with Crippen LogP contribution in [0.2, 0.25) is 0 Å². The van der Waals surface area contributed by atoms with Gasteiger partial charge in [-0.2, -0.15) is 0 Å². The maximum absolute atomic E-state index is 12.9. The van der Waals surface area contributed by atoms with Gasteiger partial charge in [-0.3, -0.25) is 4.79 Å². The van der Waals surface area contributed by atoms with Crippen molar-refractivity contribution < 1.29 is 13.9 Å². The lowest BCUT2D eigenvalue weighted by atomic mass is 10.2. The second-order valence-corrected chi connectivity index (χ2v) is 9.00. The van der Waals surface area contributed by atoms with Crippen LogP contribution in [0.15, 0.2) is 42.5 Å². The number of carbonyl (C=O) groups excluding carboxylic acids is 1. The van der Waals surface area contributed by atoms with Crippen molar-refractivity contribution in [2.45, 2.75) is 24.8 Å². The summed E-state index contributed by atoms with van der Waals surface area (Å²) in [4.78, 5) is 16.4. The van der Waals surface area contributed by atoms with E-state index in [1.807, 2.05) is 18.2 Å². The molecule has 1 amide bonds. The summed E-state index contributed by atoms with van der Waals surface area (Å²) < 4.78 is 18.9. The van der Waals surface area contributed by atoms with Crippen LogP contribution >= 0.6 is 27.3 Å². The van der Waals surface area contributed by atoms with Crippen LogP contribution in [-0.2, 0) is 11.4 Å². The fourth-order valence-corrected chi connectivity index (χ4v) is 3.03. The SMILES string of the molecule is CC(C)(Br)C(=O)Nc1nc2ccc(OCc3ccc(F)cc3)cc2s1. The second-order valence-electron chi connectivity index (χ2n) is 5.99. The van der Waals surface area contributed by atoms with Gasteiger partial charge in [-0.25, -0.2) is 9.37 Å². The number of ether oxygens (including phenoxy) is 1. The average molecular weight is 423 g/mol. The Morgan fingerprint density at radius 1 is 1.28 bits per heavy atom. The summed E-state index contributed by atoms with van der Waals surface area (Å²) in [6.45, 7) is 3.90. The normalized spacial score (nSPS) is 11.5. The number of hydrogen-bond acceptors (Lipinski definition) is 4. The zero-order valence-corrected chi connectivity index (χ0v) is 16.1. The van der Waals surface area contributed by atoms with Crippen LogP contribution in [0.4, 0.5) is 9.52 Å². The lowest BCUT2D eigenvalue weighted by Gasteiger charge is -2.13. The van der Waals surface area contributed by atoms with Crippen molar-refractivity contribution in [2.75, 3.05) is 5.32 Å². The van der Waals surface area contributed by atoms with Gasteiger partial charge in [-0.1, -0.05) is 39.4 Å². The maximum atomic E-state index is 12.9.